The van der Waals surface area contributed by atoms with E-state index in [4.69, 9.17) is 72.7 Å². The first-order valence-corrected chi connectivity index (χ1v) is 24.2. The lowest BCUT2D eigenvalue weighted by Crippen LogP contribution is -2.61. The van der Waals surface area contributed by atoms with E-state index in [1.165, 1.54) is 21.1 Å². The predicted octanol–water partition coefficient (Wildman–Crippen LogP) is 4.68. The number of cyclic esters (lactones) is 1. The molecule has 0 aliphatic carbocycles. The number of aliphatic hydroxyl groups is 6. The van der Waals surface area contributed by atoms with Crippen LogP contribution in [-0.4, -0.2) is 182 Å². The minimum absolute atomic E-state index is 0.111. The van der Waals surface area contributed by atoms with Crippen LogP contribution in [0.3, 0.4) is 0 Å². The van der Waals surface area contributed by atoms with Crippen molar-refractivity contribution in [1.82, 2.24) is 4.90 Å². The summed E-state index contributed by atoms with van der Waals surface area (Å²) in [6.07, 6.45) is -10.3. The summed E-state index contributed by atoms with van der Waals surface area (Å²) in [5, 5.41) is 64.3. The fraction of sp³-hybridized carbons (Fsp3) is 0.957. The Hall–Kier alpha value is -0.550. The van der Waals surface area contributed by atoms with Gasteiger partial charge in [0.1, 0.15) is 29.7 Å². The summed E-state index contributed by atoms with van der Waals surface area (Å²) in [5.74, 6) is -4.47. The Bertz CT molecular complexity index is 1520. The van der Waals surface area contributed by atoms with Crippen LogP contribution in [-0.2, 0) is 47.5 Å². The topological polar surface area (TPSA) is 233 Å². The van der Waals surface area contributed by atoms with Crippen LogP contribution in [0.15, 0.2) is 0 Å². The minimum atomic E-state index is -1.96. The number of ether oxygens (including phenoxy) is 8. The highest BCUT2D eigenvalue weighted by atomic mass is 35.6. The molecule has 3 unspecified atom stereocenters. The number of hydrogen-bond donors (Lipinski definition) is 6. The van der Waals surface area contributed by atoms with Gasteiger partial charge in [-0.3, -0.25) is 9.59 Å². The molecule has 0 aromatic heterocycles. The fourth-order valence-electron chi connectivity index (χ4n) is 9.63. The molecular formula is C46H84Cl3NO16. The summed E-state index contributed by atoms with van der Waals surface area (Å²) in [6, 6.07) is -0.283. The van der Waals surface area contributed by atoms with Gasteiger partial charge in [0.25, 0.3) is 0 Å². The number of rotatable bonds is 12. The quantitative estimate of drug-likeness (QED) is 0.0885. The molecule has 3 fully saturated rings. The molecule has 390 valence electrons. The fourth-order valence-corrected chi connectivity index (χ4v) is 9.79. The Morgan fingerprint density at radius 3 is 1.92 bits per heavy atom. The molecule has 3 saturated heterocycles. The molecule has 17 nitrogen and oxygen atoms in total. The monoisotopic (exact) mass is 1010 g/mol. The molecular weight excluding hydrogens is 929 g/mol. The number of alkyl halides is 3. The summed E-state index contributed by atoms with van der Waals surface area (Å²) >= 11 is 16.2. The SMILES string of the molecule is CC(CC(C)(C)O)OC(O)C(Cl)(Cl)Cl.CC[C@H]1OC(=O)[C@H](C)[C@@H](O[C@H]2C[C@@](C)(OC)[C@@H](O)[C@H](C)O2)C(C)[C@@H](O[C@@H]2O[C@H](C)C[C@H](N(C)C)[C@H]2O)[C@](C)(OC)C[C@@H](C)C(=O)[C@H](C)[C@@H](O)[C@]1(C)O. The Labute approximate surface area is 408 Å². The Balaban J connectivity index is 0.000000917. The third kappa shape index (κ3) is 16.0. The van der Waals surface area contributed by atoms with Crippen molar-refractivity contribution in [2.24, 2.45) is 23.7 Å². The lowest BCUT2D eigenvalue weighted by Gasteiger charge is -2.50. The van der Waals surface area contributed by atoms with Crippen LogP contribution < -0.4 is 0 Å². The first-order valence-electron chi connectivity index (χ1n) is 23.0. The molecule has 20 heteroatoms. The van der Waals surface area contributed by atoms with Gasteiger partial charge < -0.3 is 73.4 Å². The lowest BCUT2D eigenvalue weighted by atomic mass is 9.74. The van der Waals surface area contributed by atoms with Crippen molar-refractivity contribution in [3.63, 3.8) is 0 Å². The average molecular weight is 1010 g/mol. The van der Waals surface area contributed by atoms with E-state index in [9.17, 15) is 40.2 Å². The normalized spacial score (nSPS) is 42.4. The number of methoxy groups -OCH3 is 2. The van der Waals surface area contributed by atoms with E-state index in [1.54, 1.807) is 69.2 Å². The molecule has 66 heavy (non-hydrogen) atoms. The maximum absolute atomic E-state index is 14.2. The Morgan fingerprint density at radius 2 is 1.44 bits per heavy atom. The van der Waals surface area contributed by atoms with Gasteiger partial charge in [0.15, 0.2) is 12.6 Å². The summed E-state index contributed by atoms with van der Waals surface area (Å²) in [4.78, 5) is 30.1. The van der Waals surface area contributed by atoms with Crippen LogP contribution in [0, 0.1) is 23.7 Å². The number of hydrogen-bond acceptors (Lipinski definition) is 17. The third-order valence-electron chi connectivity index (χ3n) is 13.7. The van der Waals surface area contributed by atoms with Gasteiger partial charge in [-0.25, -0.2) is 0 Å². The number of nitrogens with zero attached hydrogens (tertiary/aromatic N) is 1. The summed E-state index contributed by atoms with van der Waals surface area (Å²) < 4.78 is 47.0. The number of ketones is 1. The van der Waals surface area contributed by atoms with Gasteiger partial charge in [0.2, 0.25) is 10.1 Å². The van der Waals surface area contributed by atoms with Crippen molar-refractivity contribution in [2.75, 3.05) is 28.3 Å². The Morgan fingerprint density at radius 1 is 0.879 bits per heavy atom. The van der Waals surface area contributed by atoms with Crippen molar-refractivity contribution in [2.45, 2.75) is 228 Å². The van der Waals surface area contributed by atoms with E-state index >= 15 is 0 Å². The number of aliphatic hydroxyl groups excluding tert-OH is 4. The molecule has 20 atom stereocenters. The van der Waals surface area contributed by atoms with Crippen LogP contribution in [0.25, 0.3) is 0 Å². The zero-order chi connectivity index (χ0) is 51.2. The molecule has 0 bridgehead atoms. The number of esters is 1. The number of Topliss-reactive ketones (excluding diaryl/α,β-unsaturated/α-hetero) is 1. The second-order valence-corrected chi connectivity index (χ2v) is 22.9. The van der Waals surface area contributed by atoms with E-state index in [-0.39, 0.29) is 37.2 Å². The van der Waals surface area contributed by atoms with Crippen LogP contribution in [0.5, 0.6) is 0 Å². The second kappa shape index (κ2) is 24.7. The first kappa shape index (κ1) is 61.6. The highest BCUT2D eigenvalue weighted by molar-refractivity contribution is 6.67. The van der Waals surface area contributed by atoms with Crippen molar-refractivity contribution in [3.8, 4) is 0 Å². The summed E-state index contributed by atoms with van der Waals surface area (Å²) in [6.45, 7) is 22.0. The number of halogens is 3. The number of carbonyl (C=O) groups is 2. The average Bonchev–Trinajstić information content (AvgIpc) is 3.20. The Kier molecular flexibility index (Phi) is 23.1. The van der Waals surface area contributed by atoms with Gasteiger partial charge in [-0.2, -0.15) is 0 Å². The minimum Gasteiger partial charge on any atom is -0.459 e. The predicted molar refractivity (Wildman–Crippen MR) is 249 cm³/mol. The van der Waals surface area contributed by atoms with Crippen molar-refractivity contribution < 1.29 is 78.1 Å². The lowest BCUT2D eigenvalue weighted by molar-refractivity contribution is -0.319. The van der Waals surface area contributed by atoms with Crippen molar-refractivity contribution >= 4 is 46.6 Å². The summed E-state index contributed by atoms with van der Waals surface area (Å²) in [7, 11) is 6.77. The molecule has 0 spiro atoms. The smallest absolute Gasteiger partial charge is 0.311 e. The third-order valence-corrected chi connectivity index (χ3v) is 14.3. The van der Waals surface area contributed by atoms with Gasteiger partial charge in [-0.1, -0.05) is 62.5 Å². The molecule has 0 amide bonds. The van der Waals surface area contributed by atoms with Gasteiger partial charge in [-0.15, -0.1) is 0 Å². The van der Waals surface area contributed by atoms with Crippen LogP contribution in [0.1, 0.15) is 122 Å². The number of likely N-dealkylation sites (N-methyl/N-ethyl adjacent to an activating group) is 1. The maximum Gasteiger partial charge on any atom is 0.311 e. The highest BCUT2D eigenvalue weighted by Crippen LogP contribution is 2.42. The highest BCUT2D eigenvalue weighted by Gasteiger charge is 2.54. The number of carbonyl (C=O) groups excluding carboxylic acids is 2. The molecule has 0 saturated carbocycles. The standard InChI is InChI=1S/C38H69NO13.C8H15Cl3O3/c1-15-26-38(10,45)31(42)21(4)28(40)19(2)17-37(9,47-14)33(52-35-29(41)25(39(11)12)16-20(3)48-35)22(5)30(23(6)34(44)50-26)51-27-18-36(8,46-13)32(43)24(7)49-27;1-5(4-7(2,3)13)14-6(12)8(9,10)11/h19-27,29-33,35,41-43,45H,15-18H2,1-14H3;5-6,12-13H,4H2,1-3H3/t19-,20-,21+,22?,23-,24+,25+,26-,27+,29-,30+,31-,32+,33-,35+,36-,37-,38-;/m1./s1. The molecule has 3 rings (SSSR count). The molecule has 3 aliphatic heterocycles. The molecule has 6 N–H and O–H groups in total. The van der Waals surface area contributed by atoms with Crippen molar-refractivity contribution in [1.29, 1.82) is 0 Å². The van der Waals surface area contributed by atoms with E-state index in [0.717, 1.165) is 0 Å². The zero-order valence-corrected chi connectivity index (χ0v) is 44.5. The first-order chi connectivity index (χ1) is 30.0. The molecule has 3 aliphatic rings. The molecule has 0 aromatic carbocycles. The maximum atomic E-state index is 14.2. The molecule has 0 radical (unpaired) electrons. The second-order valence-electron chi connectivity index (χ2n) is 20.5. The van der Waals surface area contributed by atoms with E-state index in [1.807, 2.05) is 32.8 Å². The van der Waals surface area contributed by atoms with Gasteiger partial charge in [-0.05, 0) is 95.7 Å². The largest absolute Gasteiger partial charge is 0.459 e. The summed E-state index contributed by atoms with van der Waals surface area (Å²) in [5.41, 5.74) is -5.13. The zero-order valence-electron chi connectivity index (χ0n) is 42.2. The van der Waals surface area contributed by atoms with Gasteiger partial charge in [0, 0.05) is 50.9 Å². The van der Waals surface area contributed by atoms with Crippen LogP contribution >= 0.6 is 34.8 Å². The molecule has 0 aromatic rings. The van der Waals surface area contributed by atoms with Crippen molar-refractivity contribution in [3.05, 3.63) is 0 Å². The van der Waals surface area contributed by atoms with Crippen LogP contribution in [0.4, 0.5) is 0 Å². The van der Waals surface area contributed by atoms with Crippen LogP contribution in [0.2, 0.25) is 0 Å². The van der Waals surface area contributed by atoms with E-state index in [2.05, 4.69) is 0 Å². The van der Waals surface area contributed by atoms with E-state index in [0.29, 0.717) is 12.8 Å². The van der Waals surface area contributed by atoms with Gasteiger partial charge >= 0.3 is 5.97 Å². The van der Waals surface area contributed by atoms with E-state index < -0.39 is 124 Å². The molecule has 3 heterocycles. The van der Waals surface area contributed by atoms with Gasteiger partial charge in [0.05, 0.1) is 59.3 Å².